The van der Waals surface area contributed by atoms with E-state index in [1.54, 1.807) is 14.2 Å². The quantitative estimate of drug-likeness (QED) is 0.398. The van der Waals surface area contributed by atoms with Gasteiger partial charge in [-0.05, 0) is 49.7 Å². The molecule has 2 heterocycles. The van der Waals surface area contributed by atoms with Crippen LogP contribution in [0.3, 0.4) is 0 Å². The fraction of sp³-hybridized carbons (Fsp3) is 0.423. The number of ether oxygens (including phenoxy) is 2. The van der Waals surface area contributed by atoms with Crippen molar-refractivity contribution >= 4 is 17.7 Å². The molecule has 35 heavy (non-hydrogen) atoms. The molecule has 0 unspecified atom stereocenters. The number of aromatic nitrogens is 2. The van der Waals surface area contributed by atoms with Gasteiger partial charge >= 0.3 is 0 Å². The van der Waals surface area contributed by atoms with E-state index in [2.05, 4.69) is 44.6 Å². The Morgan fingerprint density at radius 1 is 1.11 bits per heavy atom. The van der Waals surface area contributed by atoms with Crippen LogP contribution in [0.5, 0.6) is 11.5 Å². The third-order valence-electron chi connectivity index (χ3n) is 6.08. The van der Waals surface area contributed by atoms with Crippen LogP contribution in [0.1, 0.15) is 24.3 Å². The molecule has 1 aromatic heterocycles. The van der Waals surface area contributed by atoms with E-state index in [-0.39, 0.29) is 11.8 Å². The minimum atomic E-state index is 0.0652. The SMILES string of the molecule is COc1ccc(-c2noc(CN3CCC(C(=O)NCCSCc4ccccc4)CC3)n2)cc1OC. The molecule has 2 aromatic carbocycles. The fourth-order valence-electron chi connectivity index (χ4n) is 4.11. The first-order valence-electron chi connectivity index (χ1n) is 11.8. The average molecular weight is 497 g/mol. The second-order valence-corrected chi connectivity index (χ2v) is 9.57. The molecular formula is C26H32N4O4S. The van der Waals surface area contributed by atoms with Crippen molar-refractivity contribution in [3.63, 3.8) is 0 Å². The molecule has 4 rings (SSSR count). The molecule has 1 saturated heterocycles. The van der Waals surface area contributed by atoms with E-state index in [9.17, 15) is 4.79 Å². The van der Waals surface area contributed by atoms with Gasteiger partial charge in [0.05, 0.1) is 20.8 Å². The molecule has 1 fully saturated rings. The van der Waals surface area contributed by atoms with Gasteiger partial charge in [0.2, 0.25) is 17.6 Å². The van der Waals surface area contributed by atoms with Crippen molar-refractivity contribution in [2.75, 3.05) is 39.6 Å². The van der Waals surface area contributed by atoms with E-state index in [1.807, 2.05) is 36.0 Å². The van der Waals surface area contributed by atoms with Crippen LogP contribution in [0.15, 0.2) is 53.1 Å². The van der Waals surface area contributed by atoms with Gasteiger partial charge < -0.3 is 19.3 Å². The van der Waals surface area contributed by atoms with Crippen LogP contribution in [-0.2, 0) is 17.1 Å². The lowest BCUT2D eigenvalue weighted by atomic mass is 9.96. The first-order chi connectivity index (χ1) is 17.2. The lowest BCUT2D eigenvalue weighted by Crippen LogP contribution is -2.40. The van der Waals surface area contributed by atoms with E-state index in [0.29, 0.717) is 36.3 Å². The van der Waals surface area contributed by atoms with Crippen molar-refractivity contribution in [1.82, 2.24) is 20.4 Å². The van der Waals surface area contributed by atoms with E-state index < -0.39 is 0 Å². The first kappa shape index (κ1) is 25.1. The second kappa shape index (κ2) is 12.6. The lowest BCUT2D eigenvalue weighted by Gasteiger charge is -2.30. The van der Waals surface area contributed by atoms with Gasteiger partial charge in [-0.2, -0.15) is 16.7 Å². The Hall–Kier alpha value is -3.04. The summed E-state index contributed by atoms with van der Waals surface area (Å²) >= 11 is 1.84. The first-order valence-corrected chi connectivity index (χ1v) is 13.0. The summed E-state index contributed by atoms with van der Waals surface area (Å²) in [7, 11) is 3.20. The zero-order valence-electron chi connectivity index (χ0n) is 20.2. The Kier molecular flexibility index (Phi) is 9.02. The highest BCUT2D eigenvalue weighted by molar-refractivity contribution is 7.98. The van der Waals surface area contributed by atoms with Crippen molar-refractivity contribution in [1.29, 1.82) is 0 Å². The highest BCUT2D eigenvalue weighted by Crippen LogP contribution is 2.31. The summed E-state index contributed by atoms with van der Waals surface area (Å²) in [6, 6.07) is 15.9. The molecule has 9 heteroatoms. The molecule has 1 amide bonds. The number of hydrogen-bond acceptors (Lipinski definition) is 8. The standard InChI is InChI=1S/C26H32N4O4S/c1-32-22-9-8-21(16-23(22)33-2)25-28-24(34-29-25)17-30-13-10-20(11-14-30)26(31)27-12-15-35-18-19-6-4-3-5-7-19/h3-9,16,20H,10-15,17-18H2,1-2H3,(H,27,31). The van der Waals surface area contributed by atoms with Crippen LogP contribution in [0, 0.1) is 5.92 Å². The molecule has 0 atom stereocenters. The van der Waals surface area contributed by atoms with Crippen LogP contribution >= 0.6 is 11.8 Å². The van der Waals surface area contributed by atoms with Gasteiger partial charge in [0.15, 0.2) is 11.5 Å². The highest BCUT2D eigenvalue weighted by Gasteiger charge is 2.26. The number of rotatable bonds is 11. The number of carbonyl (C=O) groups excluding carboxylic acids is 1. The van der Waals surface area contributed by atoms with Gasteiger partial charge in [-0.3, -0.25) is 9.69 Å². The van der Waals surface area contributed by atoms with Gasteiger partial charge in [-0.25, -0.2) is 0 Å². The summed E-state index contributed by atoms with van der Waals surface area (Å²) < 4.78 is 16.1. The Balaban J connectivity index is 1.18. The smallest absolute Gasteiger partial charge is 0.241 e. The molecule has 0 radical (unpaired) electrons. The zero-order chi connectivity index (χ0) is 24.5. The maximum atomic E-state index is 12.6. The third kappa shape index (κ3) is 6.99. The van der Waals surface area contributed by atoms with Crippen LogP contribution in [0.4, 0.5) is 0 Å². The fourth-order valence-corrected chi connectivity index (χ4v) is 4.93. The van der Waals surface area contributed by atoms with Crippen LogP contribution in [-0.4, -0.2) is 60.6 Å². The van der Waals surface area contributed by atoms with Crippen LogP contribution in [0.2, 0.25) is 0 Å². The topological polar surface area (TPSA) is 89.7 Å². The third-order valence-corrected chi connectivity index (χ3v) is 7.11. The van der Waals surface area contributed by atoms with Crippen molar-refractivity contribution in [2.45, 2.75) is 25.1 Å². The molecule has 0 bridgehead atoms. The zero-order valence-corrected chi connectivity index (χ0v) is 21.1. The summed E-state index contributed by atoms with van der Waals surface area (Å²) in [5.41, 5.74) is 2.11. The molecule has 1 aliphatic heterocycles. The number of methoxy groups -OCH3 is 2. The number of hydrogen-bond donors (Lipinski definition) is 1. The van der Waals surface area contributed by atoms with Gasteiger partial charge in [0.1, 0.15) is 0 Å². The summed E-state index contributed by atoms with van der Waals surface area (Å²) in [6.45, 7) is 2.94. The number of carbonyl (C=O) groups is 1. The summed E-state index contributed by atoms with van der Waals surface area (Å²) in [6.07, 6.45) is 1.67. The maximum absolute atomic E-state index is 12.6. The molecule has 1 aliphatic rings. The van der Waals surface area contributed by atoms with E-state index in [0.717, 1.165) is 43.0 Å². The Labute approximate surface area is 210 Å². The van der Waals surface area contributed by atoms with Gasteiger partial charge in [0, 0.05) is 29.5 Å². The largest absolute Gasteiger partial charge is 0.493 e. The van der Waals surface area contributed by atoms with Crippen molar-refractivity contribution in [3.05, 3.63) is 60.0 Å². The number of thioether (sulfide) groups is 1. The lowest BCUT2D eigenvalue weighted by molar-refractivity contribution is -0.126. The number of nitrogens with one attached hydrogen (secondary N) is 1. The van der Waals surface area contributed by atoms with Crippen molar-refractivity contribution in [2.24, 2.45) is 5.92 Å². The molecule has 3 aromatic rings. The maximum Gasteiger partial charge on any atom is 0.241 e. The number of benzene rings is 2. The van der Waals surface area contributed by atoms with Crippen LogP contribution in [0.25, 0.3) is 11.4 Å². The summed E-state index contributed by atoms with van der Waals surface area (Å²) in [4.78, 5) is 19.4. The van der Waals surface area contributed by atoms with Crippen LogP contribution < -0.4 is 14.8 Å². The predicted molar refractivity (Wildman–Crippen MR) is 136 cm³/mol. The molecule has 1 N–H and O–H groups in total. The molecule has 186 valence electrons. The number of likely N-dealkylation sites (tertiary alicyclic amines) is 1. The van der Waals surface area contributed by atoms with E-state index in [4.69, 9.17) is 14.0 Å². The second-order valence-electron chi connectivity index (χ2n) is 8.46. The molecule has 0 saturated carbocycles. The van der Waals surface area contributed by atoms with Gasteiger partial charge in [0.25, 0.3) is 0 Å². The number of amides is 1. The minimum Gasteiger partial charge on any atom is -0.493 e. The Bertz CT molecular complexity index is 1080. The Morgan fingerprint density at radius 3 is 2.63 bits per heavy atom. The highest BCUT2D eigenvalue weighted by atomic mass is 32.2. The van der Waals surface area contributed by atoms with E-state index >= 15 is 0 Å². The molecule has 0 spiro atoms. The number of nitrogens with zero attached hydrogens (tertiary/aromatic N) is 3. The Morgan fingerprint density at radius 2 is 1.89 bits per heavy atom. The van der Waals surface area contributed by atoms with Crippen molar-refractivity contribution in [3.8, 4) is 22.9 Å². The van der Waals surface area contributed by atoms with Gasteiger partial charge in [-0.1, -0.05) is 35.5 Å². The number of piperidine rings is 1. The normalized spacial score (nSPS) is 14.6. The summed E-state index contributed by atoms with van der Waals surface area (Å²) in [5.74, 6) is 4.46. The van der Waals surface area contributed by atoms with E-state index in [1.165, 1.54) is 5.56 Å². The van der Waals surface area contributed by atoms with Crippen molar-refractivity contribution < 1.29 is 18.8 Å². The summed E-state index contributed by atoms with van der Waals surface area (Å²) in [5, 5.41) is 7.22. The average Bonchev–Trinajstić information content (AvgIpc) is 3.37. The minimum absolute atomic E-state index is 0.0652. The monoisotopic (exact) mass is 496 g/mol. The molecular weight excluding hydrogens is 464 g/mol. The molecule has 0 aliphatic carbocycles. The van der Waals surface area contributed by atoms with Gasteiger partial charge in [-0.15, -0.1) is 0 Å². The predicted octanol–water partition coefficient (Wildman–Crippen LogP) is 4.02. The molecule has 8 nitrogen and oxygen atoms in total.